The number of ether oxygens (including phenoxy) is 2. The van der Waals surface area contributed by atoms with Crippen molar-refractivity contribution in [1.29, 1.82) is 15.8 Å². The van der Waals surface area contributed by atoms with Crippen molar-refractivity contribution < 1.29 is 9.47 Å². The zero-order valence-electron chi connectivity index (χ0n) is 21.3. The van der Waals surface area contributed by atoms with E-state index >= 15 is 0 Å². The third-order valence-electron chi connectivity index (χ3n) is 7.08. The summed E-state index contributed by atoms with van der Waals surface area (Å²) in [6.45, 7) is 6.86. The van der Waals surface area contributed by atoms with Gasteiger partial charge in [-0.1, -0.05) is 49.4 Å². The first kappa shape index (κ1) is 25.8. The minimum Gasteiger partial charge on any atom is -0.490 e. The highest BCUT2D eigenvalue weighted by Crippen LogP contribution is 2.55. The maximum Gasteiger partial charge on any atom is 0.191 e. The molecule has 2 aromatic rings. The Morgan fingerprint density at radius 1 is 1.03 bits per heavy atom. The molecule has 1 aliphatic heterocycles. The molecule has 0 spiro atoms. The number of nitriles is 3. The van der Waals surface area contributed by atoms with Crippen LogP contribution in [-0.4, -0.2) is 31.2 Å². The van der Waals surface area contributed by atoms with Gasteiger partial charge in [0, 0.05) is 31.5 Å². The summed E-state index contributed by atoms with van der Waals surface area (Å²) in [5, 5.41) is 30.8. The van der Waals surface area contributed by atoms with Gasteiger partial charge >= 0.3 is 0 Å². The predicted octanol–water partition coefficient (Wildman–Crippen LogP) is 4.80. The van der Waals surface area contributed by atoms with Crippen molar-refractivity contribution in [3.8, 4) is 29.7 Å². The highest BCUT2D eigenvalue weighted by molar-refractivity contribution is 5.60. The van der Waals surface area contributed by atoms with Crippen LogP contribution in [0.3, 0.4) is 0 Å². The second-order valence-electron chi connectivity index (χ2n) is 9.34. The summed E-state index contributed by atoms with van der Waals surface area (Å²) in [4.78, 5) is 2.27. The zero-order chi connectivity index (χ0) is 26.4. The second kappa shape index (κ2) is 11.2. The van der Waals surface area contributed by atoms with Crippen LogP contribution in [0.25, 0.3) is 0 Å². The summed E-state index contributed by atoms with van der Waals surface area (Å²) < 4.78 is 11.8. The van der Waals surface area contributed by atoms with Gasteiger partial charge in [-0.15, -0.1) is 0 Å². The molecule has 7 nitrogen and oxygen atoms in total. The normalized spacial score (nSPS) is 20.6. The van der Waals surface area contributed by atoms with Crippen LogP contribution in [0.5, 0.6) is 11.5 Å². The minimum atomic E-state index is -1.70. The van der Waals surface area contributed by atoms with Gasteiger partial charge in [0.1, 0.15) is 6.07 Å². The van der Waals surface area contributed by atoms with Crippen LogP contribution < -0.4 is 15.2 Å². The lowest BCUT2D eigenvalue weighted by Crippen LogP contribution is -2.47. The number of hydrogen-bond acceptors (Lipinski definition) is 7. The van der Waals surface area contributed by atoms with Gasteiger partial charge in [-0.05, 0) is 42.2 Å². The van der Waals surface area contributed by atoms with E-state index in [4.69, 9.17) is 15.2 Å². The Morgan fingerprint density at radius 2 is 1.78 bits per heavy atom. The lowest BCUT2D eigenvalue weighted by molar-refractivity contribution is 0.200. The average molecular weight is 494 g/mol. The summed E-state index contributed by atoms with van der Waals surface area (Å²) >= 11 is 0. The van der Waals surface area contributed by atoms with Gasteiger partial charge in [0.15, 0.2) is 16.9 Å². The Morgan fingerprint density at radius 3 is 2.43 bits per heavy atom. The molecule has 2 aliphatic rings. The topological polar surface area (TPSA) is 119 Å². The Bertz CT molecular complexity index is 1310. The van der Waals surface area contributed by atoms with Crippen LogP contribution in [-0.2, 0) is 6.54 Å². The van der Waals surface area contributed by atoms with E-state index in [1.807, 2.05) is 56.3 Å². The molecule has 0 saturated heterocycles. The van der Waals surface area contributed by atoms with E-state index < -0.39 is 11.3 Å². The van der Waals surface area contributed by atoms with Crippen molar-refractivity contribution in [2.24, 2.45) is 17.1 Å². The molecule has 0 aromatic heterocycles. The lowest BCUT2D eigenvalue weighted by atomic mass is 9.58. The highest BCUT2D eigenvalue weighted by Gasteiger charge is 2.54. The molecule has 2 aromatic carbocycles. The number of nitrogens with zero attached hydrogens (tertiary/aromatic N) is 4. The van der Waals surface area contributed by atoms with Crippen molar-refractivity contribution >= 4 is 0 Å². The molecule has 0 saturated carbocycles. The van der Waals surface area contributed by atoms with Crippen molar-refractivity contribution in [3.63, 3.8) is 0 Å². The quantitative estimate of drug-likeness (QED) is 0.561. The molecule has 2 N–H and O–H groups in total. The largest absolute Gasteiger partial charge is 0.490 e. The monoisotopic (exact) mass is 493 g/mol. The van der Waals surface area contributed by atoms with Gasteiger partial charge in [0.05, 0.1) is 36.6 Å². The molecule has 188 valence electrons. The van der Waals surface area contributed by atoms with E-state index in [0.717, 1.165) is 24.1 Å². The highest BCUT2D eigenvalue weighted by atomic mass is 16.5. The van der Waals surface area contributed by atoms with Gasteiger partial charge in [-0.3, -0.25) is 4.90 Å². The molecule has 37 heavy (non-hydrogen) atoms. The fourth-order valence-corrected chi connectivity index (χ4v) is 5.40. The van der Waals surface area contributed by atoms with Crippen molar-refractivity contribution in [1.82, 2.24) is 4.90 Å². The van der Waals surface area contributed by atoms with Gasteiger partial charge in [-0.25, -0.2) is 0 Å². The van der Waals surface area contributed by atoms with Crippen LogP contribution in [0.2, 0.25) is 0 Å². The molecule has 2 atom stereocenters. The standard InChI is InChI=1S/C30H31N5O2/c1-3-14-37-26-11-10-22(15-27(26)36-4-2)28-25-18-35(17-21-8-6-5-7-9-21)13-12-23(25)24(16-31)29(34)30(28,19-32)20-33/h5-12,15,25,28H,3-4,13-14,17-18,34H2,1-2H3/t25-,28-/m1/s1. The molecule has 1 aliphatic carbocycles. The minimum absolute atomic E-state index is 0.0216. The number of fused-ring (bicyclic) bond motifs is 1. The maximum atomic E-state index is 10.4. The second-order valence-corrected chi connectivity index (χ2v) is 9.34. The molecule has 0 fully saturated rings. The fraction of sp³-hybridized carbons (Fsp3) is 0.367. The van der Waals surface area contributed by atoms with Gasteiger partial charge in [0.2, 0.25) is 0 Å². The van der Waals surface area contributed by atoms with E-state index in [1.54, 1.807) is 0 Å². The number of benzene rings is 2. The molecule has 0 radical (unpaired) electrons. The first-order valence-corrected chi connectivity index (χ1v) is 12.6. The SMILES string of the molecule is CCCOc1ccc([C@@H]2[C@@H]3CN(Cc4ccccc4)CC=C3C(C#N)=C(N)C2(C#N)C#N)cc1OCC. The van der Waals surface area contributed by atoms with Crippen molar-refractivity contribution in [2.45, 2.75) is 32.7 Å². The van der Waals surface area contributed by atoms with E-state index in [9.17, 15) is 15.8 Å². The van der Waals surface area contributed by atoms with Gasteiger partial charge in [0.25, 0.3) is 0 Å². The first-order valence-electron chi connectivity index (χ1n) is 12.6. The Kier molecular flexibility index (Phi) is 7.83. The van der Waals surface area contributed by atoms with Crippen LogP contribution >= 0.6 is 0 Å². The van der Waals surface area contributed by atoms with E-state index in [0.29, 0.717) is 37.8 Å². The molecular formula is C30H31N5O2. The summed E-state index contributed by atoms with van der Waals surface area (Å²) in [6, 6.07) is 22.4. The lowest BCUT2D eigenvalue weighted by Gasteiger charge is -2.45. The maximum absolute atomic E-state index is 10.4. The Hall–Kier alpha value is -4.25. The van der Waals surface area contributed by atoms with Crippen molar-refractivity contribution in [2.75, 3.05) is 26.3 Å². The number of rotatable bonds is 8. The number of nitrogens with two attached hydrogens (primary N) is 1. The first-order chi connectivity index (χ1) is 18.0. The molecule has 0 amide bonds. The Labute approximate surface area is 218 Å². The van der Waals surface area contributed by atoms with Crippen molar-refractivity contribution in [3.05, 3.63) is 82.6 Å². The molecule has 7 heteroatoms. The molecule has 0 unspecified atom stereocenters. The number of hydrogen-bond donors (Lipinski definition) is 1. The Balaban J connectivity index is 1.84. The summed E-state index contributed by atoms with van der Waals surface area (Å²) in [7, 11) is 0. The van der Waals surface area contributed by atoms with E-state index in [-0.39, 0.29) is 17.2 Å². The van der Waals surface area contributed by atoms with Crippen LogP contribution in [0.4, 0.5) is 0 Å². The molecule has 1 heterocycles. The molecular weight excluding hydrogens is 462 g/mol. The molecule has 4 rings (SSSR count). The third-order valence-corrected chi connectivity index (χ3v) is 7.08. The van der Waals surface area contributed by atoms with Gasteiger partial charge < -0.3 is 15.2 Å². The van der Waals surface area contributed by atoms with Crippen LogP contribution in [0.1, 0.15) is 37.3 Å². The van der Waals surface area contributed by atoms with E-state index in [2.05, 4.69) is 35.2 Å². The van der Waals surface area contributed by atoms with Crippen LogP contribution in [0, 0.1) is 45.3 Å². The number of allylic oxidation sites excluding steroid dienone is 2. The summed E-state index contributed by atoms with van der Waals surface area (Å²) in [6.07, 6.45) is 2.88. The van der Waals surface area contributed by atoms with Crippen LogP contribution in [0.15, 0.2) is 71.5 Å². The fourth-order valence-electron chi connectivity index (χ4n) is 5.40. The smallest absolute Gasteiger partial charge is 0.191 e. The summed E-state index contributed by atoms with van der Waals surface area (Å²) in [5.41, 5.74) is 7.78. The zero-order valence-corrected chi connectivity index (χ0v) is 21.3. The third kappa shape index (κ3) is 4.77. The molecule has 0 bridgehead atoms. The average Bonchev–Trinajstić information content (AvgIpc) is 2.93. The van der Waals surface area contributed by atoms with Gasteiger partial charge in [-0.2, -0.15) is 15.8 Å². The van der Waals surface area contributed by atoms with E-state index in [1.165, 1.54) is 5.56 Å². The predicted molar refractivity (Wildman–Crippen MR) is 140 cm³/mol. The summed E-state index contributed by atoms with van der Waals surface area (Å²) in [5.74, 6) is 0.308.